The SMILES string of the molecule is O=c1/c(=C\c2ccccc2)sc2n1[C@@H](c1cccs1)C1=C(N=2)c2ccccc2CC1. The number of nitrogens with zero attached hydrogens (tertiary/aromatic N) is 2. The smallest absolute Gasteiger partial charge is 0.271 e. The molecule has 0 saturated carbocycles. The molecule has 30 heavy (non-hydrogen) atoms. The molecule has 4 aromatic rings. The fourth-order valence-electron chi connectivity index (χ4n) is 4.42. The summed E-state index contributed by atoms with van der Waals surface area (Å²) in [5.41, 5.74) is 5.95. The average molecular weight is 427 g/mol. The Kier molecular flexibility index (Phi) is 4.18. The molecular weight excluding hydrogens is 408 g/mol. The molecule has 0 radical (unpaired) electrons. The monoisotopic (exact) mass is 426 g/mol. The molecule has 3 nitrogen and oxygen atoms in total. The molecule has 0 fully saturated rings. The minimum absolute atomic E-state index is 0.0476. The van der Waals surface area contributed by atoms with Crippen LogP contribution in [0.3, 0.4) is 0 Å². The Balaban J connectivity index is 1.64. The lowest BCUT2D eigenvalue weighted by Crippen LogP contribution is -2.38. The lowest BCUT2D eigenvalue weighted by Gasteiger charge is -2.30. The van der Waals surface area contributed by atoms with Gasteiger partial charge in [-0.1, -0.05) is 72.0 Å². The van der Waals surface area contributed by atoms with Crippen LogP contribution < -0.4 is 14.9 Å². The van der Waals surface area contributed by atoms with Crippen molar-refractivity contribution in [1.29, 1.82) is 0 Å². The van der Waals surface area contributed by atoms with Gasteiger partial charge >= 0.3 is 0 Å². The van der Waals surface area contributed by atoms with Crippen molar-refractivity contribution in [2.75, 3.05) is 0 Å². The minimum atomic E-state index is -0.0671. The van der Waals surface area contributed by atoms with Crippen molar-refractivity contribution < 1.29 is 0 Å². The first-order valence-corrected chi connectivity index (χ1v) is 11.7. The molecule has 2 aromatic heterocycles. The maximum Gasteiger partial charge on any atom is 0.271 e. The molecule has 0 amide bonds. The van der Waals surface area contributed by atoms with Crippen LogP contribution in [0.2, 0.25) is 0 Å². The lowest BCUT2D eigenvalue weighted by molar-refractivity contribution is 0.593. The van der Waals surface area contributed by atoms with Gasteiger partial charge in [0.25, 0.3) is 5.56 Å². The van der Waals surface area contributed by atoms with Crippen molar-refractivity contribution in [3.05, 3.63) is 119 Å². The van der Waals surface area contributed by atoms with Crippen molar-refractivity contribution in [2.45, 2.75) is 18.9 Å². The molecule has 0 N–H and O–H groups in total. The molecule has 2 aromatic carbocycles. The summed E-state index contributed by atoms with van der Waals surface area (Å²) in [6.45, 7) is 0. The summed E-state index contributed by atoms with van der Waals surface area (Å²) in [5.74, 6) is 0. The normalized spacial score (nSPS) is 17.9. The number of benzene rings is 2. The van der Waals surface area contributed by atoms with Crippen LogP contribution in [0.1, 0.15) is 34.0 Å². The fraction of sp³-hybridized carbons (Fsp3) is 0.120. The molecule has 5 heteroatoms. The van der Waals surface area contributed by atoms with Crippen LogP contribution >= 0.6 is 22.7 Å². The van der Waals surface area contributed by atoms with E-state index in [0.717, 1.165) is 33.4 Å². The maximum atomic E-state index is 13.5. The zero-order chi connectivity index (χ0) is 20.1. The zero-order valence-corrected chi connectivity index (χ0v) is 17.7. The molecular formula is C25H18N2OS2. The summed E-state index contributed by atoms with van der Waals surface area (Å²) in [4.78, 5) is 20.5. The highest BCUT2D eigenvalue weighted by Crippen LogP contribution is 2.42. The standard InChI is InChI=1S/C25H18N2OS2/c28-24-21(15-16-7-2-1-3-8-16)30-25-26-22-18-10-5-4-9-17(18)12-13-19(22)23(27(24)25)20-11-6-14-29-20/h1-11,14-15,23H,12-13H2/b21-15+/t23-/m1/s1. The Morgan fingerprint density at radius 1 is 0.967 bits per heavy atom. The Morgan fingerprint density at radius 2 is 1.80 bits per heavy atom. The van der Waals surface area contributed by atoms with Crippen LogP contribution in [0, 0.1) is 0 Å². The molecule has 3 heterocycles. The van der Waals surface area contributed by atoms with E-state index in [9.17, 15) is 4.79 Å². The Labute approximate surface area is 181 Å². The van der Waals surface area contributed by atoms with Gasteiger partial charge in [-0.2, -0.15) is 0 Å². The van der Waals surface area contributed by atoms with Crippen molar-refractivity contribution in [3.63, 3.8) is 0 Å². The molecule has 0 saturated heterocycles. The summed E-state index contributed by atoms with van der Waals surface area (Å²) in [5, 5.41) is 2.09. The van der Waals surface area contributed by atoms with Crippen LogP contribution in [0.4, 0.5) is 0 Å². The van der Waals surface area contributed by atoms with Crippen LogP contribution in [0.15, 0.2) is 87.5 Å². The third-order valence-corrected chi connectivity index (χ3v) is 7.69. The molecule has 1 aliphatic carbocycles. The van der Waals surface area contributed by atoms with E-state index in [-0.39, 0.29) is 11.6 Å². The third-order valence-electron chi connectivity index (χ3n) is 5.78. The molecule has 0 unspecified atom stereocenters. The first-order chi connectivity index (χ1) is 14.8. The first kappa shape index (κ1) is 17.8. The second-order valence-corrected chi connectivity index (χ2v) is 9.53. The van der Waals surface area contributed by atoms with Crippen molar-refractivity contribution >= 4 is 34.4 Å². The number of hydrogen-bond donors (Lipinski definition) is 0. The van der Waals surface area contributed by atoms with E-state index in [1.807, 2.05) is 41.0 Å². The number of thiazole rings is 1. The first-order valence-electron chi connectivity index (χ1n) is 10.0. The predicted molar refractivity (Wildman–Crippen MR) is 124 cm³/mol. The molecule has 0 spiro atoms. The Morgan fingerprint density at radius 3 is 2.63 bits per heavy atom. The van der Waals surface area contributed by atoms with Crippen LogP contribution in [0.5, 0.6) is 0 Å². The molecule has 1 atom stereocenters. The molecule has 6 rings (SSSR count). The minimum Gasteiger partial charge on any atom is -0.271 e. The van der Waals surface area contributed by atoms with Crippen molar-refractivity contribution in [2.24, 2.45) is 4.99 Å². The van der Waals surface area contributed by atoms with Gasteiger partial charge in [-0.15, -0.1) is 11.3 Å². The number of aryl methyl sites for hydroxylation is 1. The van der Waals surface area contributed by atoms with Crippen LogP contribution in [-0.4, -0.2) is 4.57 Å². The van der Waals surface area contributed by atoms with E-state index in [0.29, 0.717) is 0 Å². The predicted octanol–water partition coefficient (Wildman–Crippen LogP) is 4.38. The largest absolute Gasteiger partial charge is 0.271 e. The Hall–Kier alpha value is -3.02. The second kappa shape index (κ2) is 7.04. The summed E-state index contributed by atoms with van der Waals surface area (Å²) < 4.78 is 2.65. The lowest BCUT2D eigenvalue weighted by atomic mass is 9.85. The van der Waals surface area contributed by atoms with Crippen LogP contribution in [-0.2, 0) is 6.42 Å². The number of rotatable bonds is 2. The zero-order valence-electron chi connectivity index (χ0n) is 16.1. The molecule has 1 aliphatic heterocycles. The van der Waals surface area contributed by atoms with E-state index in [2.05, 4.69) is 41.8 Å². The van der Waals surface area contributed by atoms with Gasteiger partial charge in [0, 0.05) is 10.4 Å². The quantitative estimate of drug-likeness (QED) is 0.468. The van der Waals surface area contributed by atoms with Gasteiger partial charge in [0.05, 0.1) is 16.3 Å². The maximum absolute atomic E-state index is 13.5. The number of aromatic nitrogens is 1. The Bertz CT molecular complexity index is 1460. The van der Waals surface area contributed by atoms with Gasteiger partial charge in [-0.25, -0.2) is 4.99 Å². The molecule has 0 bridgehead atoms. The summed E-state index contributed by atoms with van der Waals surface area (Å²) in [6.07, 6.45) is 3.90. The topological polar surface area (TPSA) is 34.4 Å². The fourth-order valence-corrected chi connectivity index (χ4v) is 6.27. The van der Waals surface area contributed by atoms with E-state index < -0.39 is 0 Å². The summed E-state index contributed by atoms with van der Waals surface area (Å²) in [7, 11) is 0. The van der Waals surface area contributed by atoms with E-state index in [1.54, 1.807) is 11.3 Å². The highest BCUT2D eigenvalue weighted by Gasteiger charge is 2.32. The number of fused-ring (bicyclic) bond motifs is 3. The summed E-state index contributed by atoms with van der Waals surface area (Å²) in [6, 6.07) is 22.7. The molecule has 146 valence electrons. The van der Waals surface area contributed by atoms with Gasteiger partial charge < -0.3 is 0 Å². The number of hydrogen-bond acceptors (Lipinski definition) is 4. The van der Waals surface area contributed by atoms with Crippen LogP contribution in [0.25, 0.3) is 11.8 Å². The number of thiophene rings is 1. The highest BCUT2D eigenvalue weighted by atomic mass is 32.1. The van der Waals surface area contributed by atoms with Gasteiger partial charge in [0.2, 0.25) is 0 Å². The van der Waals surface area contributed by atoms with Gasteiger partial charge in [0.1, 0.15) is 0 Å². The van der Waals surface area contributed by atoms with E-state index in [1.165, 1.54) is 32.9 Å². The highest BCUT2D eigenvalue weighted by molar-refractivity contribution is 7.10. The van der Waals surface area contributed by atoms with Crippen molar-refractivity contribution in [1.82, 2.24) is 4.57 Å². The second-order valence-electron chi connectivity index (χ2n) is 7.54. The van der Waals surface area contributed by atoms with Gasteiger partial charge in [0.15, 0.2) is 4.80 Å². The van der Waals surface area contributed by atoms with Gasteiger partial charge in [-0.3, -0.25) is 9.36 Å². The van der Waals surface area contributed by atoms with E-state index >= 15 is 0 Å². The van der Waals surface area contributed by atoms with Gasteiger partial charge in [-0.05, 0) is 47.1 Å². The van der Waals surface area contributed by atoms with E-state index in [4.69, 9.17) is 4.99 Å². The van der Waals surface area contributed by atoms with Crippen molar-refractivity contribution in [3.8, 4) is 0 Å². The number of allylic oxidation sites excluding steroid dienone is 1. The summed E-state index contributed by atoms with van der Waals surface area (Å²) >= 11 is 3.20. The third kappa shape index (κ3) is 2.77. The average Bonchev–Trinajstić information content (AvgIpc) is 3.42. The molecule has 2 aliphatic rings.